The Morgan fingerprint density at radius 3 is 2.58 bits per heavy atom. The van der Waals surface area contributed by atoms with Gasteiger partial charge in [-0.1, -0.05) is 6.92 Å². The molecule has 0 spiro atoms. The Kier molecular flexibility index (Phi) is 6.92. The number of ether oxygens (including phenoxy) is 1. The van der Waals surface area contributed by atoms with Gasteiger partial charge < -0.3 is 20.5 Å². The van der Waals surface area contributed by atoms with Crippen molar-refractivity contribution in [2.24, 2.45) is 0 Å². The highest BCUT2D eigenvalue weighted by Gasteiger charge is 2.08. The van der Waals surface area contributed by atoms with Crippen molar-refractivity contribution in [2.75, 3.05) is 25.6 Å². The molecule has 1 atom stereocenters. The summed E-state index contributed by atoms with van der Waals surface area (Å²) in [7, 11) is 1.60. The number of anilines is 1. The van der Waals surface area contributed by atoms with Crippen LogP contribution in [0.25, 0.3) is 0 Å². The normalized spacial score (nSPS) is 11.9. The maximum atomic E-state index is 11.7. The van der Waals surface area contributed by atoms with Crippen LogP contribution in [0.3, 0.4) is 0 Å². The molecule has 0 saturated carbocycles. The van der Waals surface area contributed by atoms with E-state index in [0.29, 0.717) is 6.42 Å². The van der Waals surface area contributed by atoms with E-state index in [1.807, 2.05) is 6.92 Å². The zero-order valence-corrected chi connectivity index (χ0v) is 11.5. The van der Waals surface area contributed by atoms with Crippen molar-refractivity contribution in [2.45, 2.75) is 25.8 Å². The summed E-state index contributed by atoms with van der Waals surface area (Å²) in [5.41, 5.74) is 0.739. The van der Waals surface area contributed by atoms with Crippen LogP contribution in [-0.4, -0.2) is 37.3 Å². The fourth-order valence-electron chi connectivity index (χ4n) is 1.72. The van der Waals surface area contributed by atoms with E-state index in [2.05, 4.69) is 10.6 Å². The van der Waals surface area contributed by atoms with Gasteiger partial charge in [-0.2, -0.15) is 0 Å². The smallest absolute Gasteiger partial charge is 0.238 e. The number of aliphatic hydroxyl groups excluding tert-OH is 1. The molecule has 0 aliphatic rings. The SMILES string of the molecule is CCC(CCO)NCC(=O)Nc1ccc(OC)cc1. The van der Waals surface area contributed by atoms with Gasteiger partial charge in [-0.15, -0.1) is 0 Å². The molecule has 0 aliphatic carbocycles. The molecule has 1 aromatic rings. The fourth-order valence-corrected chi connectivity index (χ4v) is 1.72. The molecule has 0 aromatic heterocycles. The fraction of sp³-hybridized carbons (Fsp3) is 0.500. The Morgan fingerprint density at radius 1 is 1.37 bits per heavy atom. The van der Waals surface area contributed by atoms with E-state index in [-0.39, 0.29) is 25.1 Å². The van der Waals surface area contributed by atoms with Crippen molar-refractivity contribution >= 4 is 11.6 Å². The molecule has 106 valence electrons. The van der Waals surface area contributed by atoms with E-state index >= 15 is 0 Å². The Morgan fingerprint density at radius 2 is 2.05 bits per heavy atom. The molecule has 0 fully saturated rings. The molecule has 1 amide bonds. The topological polar surface area (TPSA) is 70.6 Å². The number of methoxy groups -OCH3 is 1. The monoisotopic (exact) mass is 266 g/mol. The number of nitrogens with one attached hydrogen (secondary N) is 2. The molecule has 0 heterocycles. The van der Waals surface area contributed by atoms with Crippen LogP contribution in [0.5, 0.6) is 5.75 Å². The maximum Gasteiger partial charge on any atom is 0.238 e. The summed E-state index contributed by atoms with van der Waals surface area (Å²) in [6.07, 6.45) is 1.54. The minimum Gasteiger partial charge on any atom is -0.497 e. The zero-order valence-electron chi connectivity index (χ0n) is 11.5. The quantitative estimate of drug-likeness (QED) is 0.665. The van der Waals surface area contributed by atoms with Gasteiger partial charge in [-0.25, -0.2) is 0 Å². The molecule has 1 unspecified atom stereocenters. The zero-order chi connectivity index (χ0) is 14.1. The van der Waals surface area contributed by atoms with Crippen LogP contribution in [0.1, 0.15) is 19.8 Å². The lowest BCUT2D eigenvalue weighted by Crippen LogP contribution is -2.36. The molecule has 3 N–H and O–H groups in total. The molecular formula is C14H22N2O3. The summed E-state index contributed by atoms with van der Waals surface area (Å²) < 4.78 is 5.05. The first-order valence-electron chi connectivity index (χ1n) is 6.47. The highest BCUT2D eigenvalue weighted by Crippen LogP contribution is 2.14. The molecule has 0 aliphatic heterocycles. The maximum absolute atomic E-state index is 11.7. The summed E-state index contributed by atoms with van der Waals surface area (Å²) in [5, 5.41) is 14.8. The second-order valence-corrected chi connectivity index (χ2v) is 4.28. The van der Waals surface area contributed by atoms with Crippen LogP contribution in [0.4, 0.5) is 5.69 Å². The lowest BCUT2D eigenvalue weighted by molar-refractivity contribution is -0.115. The third kappa shape index (κ3) is 5.72. The van der Waals surface area contributed by atoms with Gasteiger partial charge in [0, 0.05) is 18.3 Å². The molecule has 5 nitrogen and oxygen atoms in total. The van der Waals surface area contributed by atoms with Crippen LogP contribution in [0.15, 0.2) is 24.3 Å². The van der Waals surface area contributed by atoms with Crippen LogP contribution in [0.2, 0.25) is 0 Å². The summed E-state index contributed by atoms with van der Waals surface area (Å²) in [6.45, 7) is 2.39. The van der Waals surface area contributed by atoms with E-state index in [4.69, 9.17) is 9.84 Å². The van der Waals surface area contributed by atoms with Crippen LogP contribution in [0, 0.1) is 0 Å². The molecular weight excluding hydrogens is 244 g/mol. The largest absolute Gasteiger partial charge is 0.497 e. The Balaban J connectivity index is 2.37. The number of hydrogen-bond donors (Lipinski definition) is 3. The summed E-state index contributed by atoms with van der Waals surface area (Å²) in [6, 6.07) is 7.35. The molecule has 1 aromatic carbocycles. The van der Waals surface area contributed by atoms with Crippen LogP contribution >= 0.6 is 0 Å². The second kappa shape index (κ2) is 8.50. The third-order valence-corrected chi connectivity index (χ3v) is 2.90. The number of benzene rings is 1. The average Bonchev–Trinajstić information content (AvgIpc) is 2.44. The number of rotatable bonds is 8. The van der Waals surface area contributed by atoms with Gasteiger partial charge >= 0.3 is 0 Å². The molecule has 5 heteroatoms. The van der Waals surface area contributed by atoms with Gasteiger partial charge in [0.15, 0.2) is 0 Å². The standard InChI is InChI=1S/C14H22N2O3/c1-3-11(8-9-17)15-10-14(18)16-12-4-6-13(19-2)7-5-12/h4-7,11,15,17H,3,8-10H2,1-2H3,(H,16,18). The molecule has 1 rings (SSSR count). The van der Waals surface area contributed by atoms with Crippen molar-refractivity contribution in [1.29, 1.82) is 0 Å². The average molecular weight is 266 g/mol. The highest BCUT2D eigenvalue weighted by molar-refractivity contribution is 5.92. The van der Waals surface area contributed by atoms with Crippen LogP contribution in [-0.2, 0) is 4.79 Å². The first-order valence-corrected chi connectivity index (χ1v) is 6.47. The van der Waals surface area contributed by atoms with E-state index in [1.165, 1.54) is 0 Å². The molecule has 0 radical (unpaired) electrons. The van der Waals surface area contributed by atoms with E-state index in [0.717, 1.165) is 17.9 Å². The van der Waals surface area contributed by atoms with Crippen molar-refractivity contribution in [3.63, 3.8) is 0 Å². The lowest BCUT2D eigenvalue weighted by Gasteiger charge is -2.15. The number of hydrogen-bond acceptors (Lipinski definition) is 4. The van der Waals surface area contributed by atoms with Gasteiger partial charge in [0.2, 0.25) is 5.91 Å². The lowest BCUT2D eigenvalue weighted by atomic mass is 10.1. The summed E-state index contributed by atoms with van der Waals surface area (Å²) in [4.78, 5) is 11.7. The van der Waals surface area contributed by atoms with Crippen LogP contribution < -0.4 is 15.4 Å². The Hall–Kier alpha value is -1.59. The minimum absolute atomic E-state index is 0.0958. The first kappa shape index (κ1) is 15.5. The summed E-state index contributed by atoms with van der Waals surface area (Å²) >= 11 is 0. The van der Waals surface area contributed by atoms with E-state index < -0.39 is 0 Å². The Bertz CT molecular complexity index is 379. The molecule has 0 saturated heterocycles. The van der Waals surface area contributed by atoms with Crippen molar-refractivity contribution in [3.05, 3.63) is 24.3 Å². The van der Waals surface area contributed by atoms with Gasteiger partial charge in [-0.05, 0) is 37.1 Å². The van der Waals surface area contributed by atoms with E-state index in [1.54, 1.807) is 31.4 Å². The molecule has 19 heavy (non-hydrogen) atoms. The number of carbonyl (C=O) groups excluding carboxylic acids is 1. The molecule has 0 bridgehead atoms. The Labute approximate surface area is 114 Å². The number of amides is 1. The van der Waals surface area contributed by atoms with Crippen molar-refractivity contribution in [3.8, 4) is 5.75 Å². The summed E-state index contributed by atoms with van der Waals surface area (Å²) in [5.74, 6) is 0.659. The van der Waals surface area contributed by atoms with Gasteiger partial charge in [-0.3, -0.25) is 4.79 Å². The predicted octanol–water partition coefficient (Wildman–Crippen LogP) is 1.38. The van der Waals surface area contributed by atoms with Gasteiger partial charge in [0.05, 0.1) is 13.7 Å². The van der Waals surface area contributed by atoms with Crippen molar-refractivity contribution in [1.82, 2.24) is 5.32 Å². The number of aliphatic hydroxyl groups is 1. The highest BCUT2D eigenvalue weighted by atomic mass is 16.5. The number of carbonyl (C=O) groups is 1. The van der Waals surface area contributed by atoms with Gasteiger partial charge in [0.25, 0.3) is 0 Å². The van der Waals surface area contributed by atoms with Gasteiger partial charge in [0.1, 0.15) is 5.75 Å². The first-order chi connectivity index (χ1) is 9.19. The second-order valence-electron chi connectivity index (χ2n) is 4.28. The third-order valence-electron chi connectivity index (χ3n) is 2.90. The minimum atomic E-state index is -0.0958. The predicted molar refractivity (Wildman–Crippen MR) is 75.4 cm³/mol. The van der Waals surface area contributed by atoms with E-state index in [9.17, 15) is 4.79 Å². The van der Waals surface area contributed by atoms with Crippen molar-refractivity contribution < 1.29 is 14.6 Å².